The number of rotatable bonds is 6. The van der Waals surface area contributed by atoms with Gasteiger partial charge in [0.1, 0.15) is 6.04 Å². The number of benzene rings is 1. The Morgan fingerprint density at radius 1 is 1.27 bits per heavy atom. The van der Waals surface area contributed by atoms with Gasteiger partial charge in [-0.25, -0.2) is 4.98 Å². The molecule has 0 saturated heterocycles. The van der Waals surface area contributed by atoms with Crippen molar-refractivity contribution in [3.05, 3.63) is 86.8 Å². The number of hydrogen-bond acceptors (Lipinski definition) is 5. The van der Waals surface area contributed by atoms with Crippen LogP contribution in [0.5, 0.6) is 0 Å². The van der Waals surface area contributed by atoms with Gasteiger partial charge >= 0.3 is 0 Å². The van der Waals surface area contributed by atoms with Gasteiger partial charge in [0.25, 0.3) is 5.56 Å². The van der Waals surface area contributed by atoms with Crippen LogP contribution in [-0.4, -0.2) is 25.4 Å². The van der Waals surface area contributed by atoms with Crippen LogP contribution >= 0.6 is 11.6 Å². The second-order valence-electron chi connectivity index (χ2n) is 8.18. The predicted octanol–water partition coefficient (Wildman–Crippen LogP) is 3.50. The van der Waals surface area contributed by atoms with Gasteiger partial charge in [-0.15, -0.1) is 0 Å². The molecule has 1 aromatic carbocycles. The average molecular weight is 463 g/mol. The molecule has 0 fully saturated rings. The molecule has 4 aromatic rings. The summed E-state index contributed by atoms with van der Waals surface area (Å²) in [6, 6.07) is 11.1. The molecule has 1 atom stereocenters. The Labute approximate surface area is 195 Å². The summed E-state index contributed by atoms with van der Waals surface area (Å²) in [5, 5.41) is 7.27. The number of aromatic amines is 1. The largest absolute Gasteiger partial charge is 0.361 e. The number of nitrogens with one attached hydrogen (secondary N) is 3. The Morgan fingerprint density at radius 2 is 2.12 bits per heavy atom. The Hall–Kier alpha value is -3.65. The zero-order valence-electron chi connectivity index (χ0n) is 18.1. The number of carbonyl (C=O) groups excluding carboxylic acids is 1. The average Bonchev–Trinajstić information content (AvgIpc) is 3.44. The molecule has 0 spiro atoms. The number of H-pyrrole nitrogens is 1. The van der Waals surface area contributed by atoms with Gasteiger partial charge < -0.3 is 15.6 Å². The fourth-order valence-corrected chi connectivity index (χ4v) is 4.55. The molecule has 3 N–H and O–H groups in total. The quantitative estimate of drug-likeness (QED) is 0.407. The minimum Gasteiger partial charge on any atom is -0.361 e. The summed E-state index contributed by atoms with van der Waals surface area (Å²) in [5.41, 5.74) is 4.26. The first-order valence-corrected chi connectivity index (χ1v) is 11.2. The third-order valence-corrected chi connectivity index (χ3v) is 6.37. The van der Waals surface area contributed by atoms with Crippen LogP contribution in [0.25, 0.3) is 10.9 Å². The maximum absolute atomic E-state index is 13.2. The van der Waals surface area contributed by atoms with Crippen LogP contribution in [0.4, 0.5) is 5.82 Å². The topological polar surface area (TPSA) is 105 Å². The molecule has 8 nitrogen and oxygen atoms in total. The lowest BCUT2D eigenvalue weighted by molar-refractivity contribution is -0.124. The first-order valence-electron chi connectivity index (χ1n) is 10.8. The van der Waals surface area contributed by atoms with E-state index >= 15 is 0 Å². The van der Waals surface area contributed by atoms with E-state index in [-0.39, 0.29) is 22.4 Å². The maximum Gasteiger partial charge on any atom is 0.294 e. The van der Waals surface area contributed by atoms with Gasteiger partial charge in [0.2, 0.25) is 5.91 Å². The van der Waals surface area contributed by atoms with E-state index in [2.05, 4.69) is 25.6 Å². The van der Waals surface area contributed by atoms with Crippen molar-refractivity contribution in [3.8, 4) is 0 Å². The molecule has 0 radical (unpaired) electrons. The van der Waals surface area contributed by atoms with Gasteiger partial charge in [-0.2, -0.15) is 0 Å². The molecule has 0 saturated carbocycles. The Bertz CT molecular complexity index is 1380. The lowest BCUT2D eigenvalue weighted by Gasteiger charge is -2.16. The van der Waals surface area contributed by atoms with Gasteiger partial charge in [-0.05, 0) is 43.0 Å². The maximum atomic E-state index is 13.2. The summed E-state index contributed by atoms with van der Waals surface area (Å²) in [7, 11) is 0. The lowest BCUT2D eigenvalue weighted by Crippen LogP contribution is -2.36. The summed E-state index contributed by atoms with van der Waals surface area (Å²) < 4.78 is 1.49. The van der Waals surface area contributed by atoms with Crippen molar-refractivity contribution in [2.45, 2.75) is 38.9 Å². The fourth-order valence-electron chi connectivity index (χ4n) is 4.28. The van der Waals surface area contributed by atoms with Crippen molar-refractivity contribution in [1.82, 2.24) is 24.8 Å². The van der Waals surface area contributed by atoms with Gasteiger partial charge in [-0.1, -0.05) is 35.9 Å². The zero-order valence-corrected chi connectivity index (χ0v) is 18.8. The standard InChI is InChI=1S/C24H23ClN6O2/c1-14-4-2-3-5-15(14)12-27-22-24(33)31-19(21(25)30-22)6-7-20(31)23(32)28-13-17-10-16-11-26-9-8-18(16)29-17/h2-5,8-11,20,29H,6-7,12-13H2,1H3,(H,27,30)(H,28,32)/t20-/m0/s1. The minimum atomic E-state index is -0.627. The fraction of sp³-hybridized carbons (Fsp3) is 0.250. The highest BCUT2D eigenvalue weighted by Crippen LogP contribution is 2.29. The summed E-state index contributed by atoms with van der Waals surface area (Å²) in [6.07, 6.45) is 4.51. The van der Waals surface area contributed by atoms with Crippen LogP contribution in [0.3, 0.4) is 0 Å². The molecule has 168 valence electrons. The van der Waals surface area contributed by atoms with Crippen LogP contribution in [0.1, 0.15) is 35.0 Å². The monoisotopic (exact) mass is 462 g/mol. The molecule has 0 unspecified atom stereocenters. The summed E-state index contributed by atoms with van der Waals surface area (Å²) in [6.45, 7) is 2.78. The van der Waals surface area contributed by atoms with Crippen molar-refractivity contribution in [2.24, 2.45) is 0 Å². The second kappa shape index (κ2) is 8.71. The van der Waals surface area contributed by atoms with Crippen LogP contribution in [0.15, 0.2) is 53.6 Å². The Morgan fingerprint density at radius 3 is 2.94 bits per heavy atom. The number of nitrogens with zero attached hydrogens (tertiary/aromatic N) is 3. The van der Waals surface area contributed by atoms with E-state index in [1.165, 1.54) is 4.57 Å². The van der Waals surface area contributed by atoms with Crippen LogP contribution in [0.2, 0.25) is 5.15 Å². The van der Waals surface area contributed by atoms with E-state index in [0.29, 0.717) is 31.6 Å². The molecule has 33 heavy (non-hydrogen) atoms. The van der Waals surface area contributed by atoms with E-state index in [9.17, 15) is 9.59 Å². The Kier molecular flexibility index (Phi) is 5.60. The molecule has 0 bridgehead atoms. The van der Waals surface area contributed by atoms with Crippen molar-refractivity contribution < 1.29 is 4.79 Å². The predicted molar refractivity (Wildman–Crippen MR) is 127 cm³/mol. The van der Waals surface area contributed by atoms with Gasteiger partial charge in [0.05, 0.1) is 12.2 Å². The van der Waals surface area contributed by atoms with Crippen LogP contribution in [0, 0.1) is 6.92 Å². The number of carbonyl (C=O) groups is 1. The second-order valence-corrected chi connectivity index (χ2v) is 8.54. The third kappa shape index (κ3) is 4.09. The van der Waals surface area contributed by atoms with E-state index in [4.69, 9.17) is 11.6 Å². The number of aromatic nitrogens is 4. The van der Waals surface area contributed by atoms with E-state index in [1.54, 1.807) is 12.4 Å². The normalized spacial score (nSPS) is 14.9. The molecule has 9 heteroatoms. The van der Waals surface area contributed by atoms with Crippen LogP contribution in [-0.2, 0) is 24.3 Å². The SMILES string of the molecule is Cc1ccccc1CNc1nc(Cl)c2n(c1=O)[C@H](C(=O)NCc1cc3cnccc3[nH]1)CC2. The number of amides is 1. The van der Waals surface area contributed by atoms with E-state index < -0.39 is 6.04 Å². The highest BCUT2D eigenvalue weighted by molar-refractivity contribution is 6.30. The number of aryl methyl sites for hydroxylation is 1. The molecular weight excluding hydrogens is 440 g/mol. The highest BCUT2D eigenvalue weighted by Gasteiger charge is 2.32. The lowest BCUT2D eigenvalue weighted by atomic mass is 10.1. The summed E-state index contributed by atoms with van der Waals surface area (Å²) in [5.74, 6) is -0.0745. The molecule has 0 aliphatic carbocycles. The number of hydrogen-bond donors (Lipinski definition) is 3. The molecule has 4 heterocycles. The molecule has 5 rings (SSSR count). The smallest absolute Gasteiger partial charge is 0.294 e. The number of pyridine rings is 1. The van der Waals surface area contributed by atoms with Crippen molar-refractivity contribution in [2.75, 3.05) is 5.32 Å². The Balaban J connectivity index is 1.34. The number of anilines is 1. The highest BCUT2D eigenvalue weighted by atomic mass is 35.5. The molecule has 3 aromatic heterocycles. The molecule has 1 aliphatic heterocycles. The molecular formula is C24H23ClN6O2. The molecule has 1 aliphatic rings. The minimum absolute atomic E-state index is 0.148. The first-order chi connectivity index (χ1) is 16.0. The zero-order chi connectivity index (χ0) is 22.9. The summed E-state index contributed by atoms with van der Waals surface area (Å²) in [4.78, 5) is 37.9. The van der Waals surface area contributed by atoms with Crippen molar-refractivity contribution in [3.63, 3.8) is 0 Å². The van der Waals surface area contributed by atoms with Crippen LogP contribution < -0.4 is 16.2 Å². The summed E-state index contributed by atoms with van der Waals surface area (Å²) >= 11 is 6.39. The first kappa shape index (κ1) is 21.2. The van der Waals surface area contributed by atoms with Gasteiger partial charge in [0, 0.05) is 35.5 Å². The van der Waals surface area contributed by atoms with Crippen molar-refractivity contribution >= 4 is 34.2 Å². The molecule has 1 amide bonds. The number of fused-ring (bicyclic) bond motifs is 2. The van der Waals surface area contributed by atoms with E-state index in [1.807, 2.05) is 43.3 Å². The third-order valence-electron chi connectivity index (χ3n) is 6.07. The number of halogens is 1. The van der Waals surface area contributed by atoms with Gasteiger partial charge in [0.15, 0.2) is 11.0 Å². The van der Waals surface area contributed by atoms with Gasteiger partial charge in [-0.3, -0.25) is 19.1 Å². The van der Waals surface area contributed by atoms with Crippen molar-refractivity contribution in [1.29, 1.82) is 0 Å². The van der Waals surface area contributed by atoms with E-state index in [0.717, 1.165) is 27.7 Å².